The molecule has 4 heteroatoms. The van der Waals surface area contributed by atoms with Crippen molar-refractivity contribution in [2.75, 3.05) is 19.8 Å². The van der Waals surface area contributed by atoms with Crippen LogP contribution >= 0.6 is 15.9 Å². The van der Waals surface area contributed by atoms with Crippen molar-refractivity contribution in [3.05, 3.63) is 28.4 Å². The summed E-state index contributed by atoms with van der Waals surface area (Å²) in [6.45, 7) is 4.04. The van der Waals surface area contributed by atoms with Crippen LogP contribution in [0.25, 0.3) is 5.57 Å². The number of ether oxygens (including phenoxy) is 2. The normalized spacial score (nSPS) is 15.8. The Kier molecular flexibility index (Phi) is 3.96. The summed E-state index contributed by atoms with van der Waals surface area (Å²) in [5.41, 5.74) is 2.32. The number of nitrogens with zero attached hydrogens (tertiary/aromatic N) is 1. The molecule has 1 aliphatic rings. The highest BCUT2D eigenvalue weighted by Crippen LogP contribution is 2.30. The van der Waals surface area contributed by atoms with Gasteiger partial charge in [-0.15, -0.1) is 0 Å². The Bertz CT molecular complexity index is 404. The molecule has 0 aliphatic carbocycles. The lowest BCUT2D eigenvalue weighted by molar-refractivity contribution is 0.161. The Balaban J connectivity index is 2.36. The fraction of sp³-hybridized carbons (Fsp3) is 0.417. The van der Waals surface area contributed by atoms with Gasteiger partial charge in [0.2, 0.25) is 5.88 Å². The van der Waals surface area contributed by atoms with E-state index >= 15 is 0 Å². The summed E-state index contributed by atoms with van der Waals surface area (Å²) in [5, 5.41) is 0. The quantitative estimate of drug-likeness (QED) is 0.855. The molecular weight excluding hydrogens is 270 g/mol. The third-order valence-electron chi connectivity index (χ3n) is 2.41. The lowest BCUT2D eigenvalue weighted by atomic mass is 10.0. The van der Waals surface area contributed by atoms with Gasteiger partial charge in [0.05, 0.1) is 19.8 Å². The molecule has 0 spiro atoms. The summed E-state index contributed by atoms with van der Waals surface area (Å²) < 4.78 is 11.8. The van der Waals surface area contributed by atoms with E-state index in [-0.39, 0.29) is 0 Å². The summed E-state index contributed by atoms with van der Waals surface area (Å²) >= 11 is 3.44. The molecule has 2 rings (SSSR count). The zero-order chi connectivity index (χ0) is 11.4. The van der Waals surface area contributed by atoms with Gasteiger partial charge in [-0.2, -0.15) is 0 Å². The van der Waals surface area contributed by atoms with Crippen molar-refractivity contribution < 1.29 is 9.47 Å². The average Bonchev–Trinajstić information content (AvgIpc) is 2.33. The summed E-state index contributed by atoms with van der Waals surface area (Å²) in [4.78, 5) is 4.29. The van der Waals surface area contributed by atoms with Crippen LogP contribution in [0.4, 0.5) is 0 Å². The van der Waals surface area contributed by atoms with Gasteiger partial charge in [0, 0.05) is 16.2 Å². The Morgan fingerprint density at radius 3 is 3.12 bits per heavy atom. The van der Waals surface area contributed by atoms with Gasteiger partial charge in [-0.05, 0) is 40.9 Å². The van der Waals surface area contributed by atoms with Crippen LogP contribution in [0, 0.1) is 0 Å². The number of halogens is 1. The Hall–Kier alpha value is -0.870. The molecule has 0 aromatic carbocycles. The minimum Gasteiger partial charge on any atom is -0.478 e. The fourth-order valence-corrected chi connectivity index (χ4v) is 2.01. The van der Waals surface area contributed by atoms with Gasteiger partial charge in [-0.1, -0.05) is 6.08 Å². The van der Waals surface area contributed by atoms with Crippen molar-refractivity contribution in [1.29, 1.82) is 0 Å². The van der Waals surface area contributed by atoms with Crippen LogP contribution in [-0.4, -0.2) is 24.8 Å². The van der Waals surface area contributed by atoms with E-state index in [1.165, 1.54) is 5.57 Å². The van der Waals surface area contributed by atoms with Crippen molar-refractivity contribution >= 4 is 21.5 Å². The van der Waals surface area contributed by atoms with E-state index < -0.39 is 0 Å². The van der Waals surface area contributed by atoms with Gasteiger partial charge in [-0.3, -0.25) is 0 Å². The molecule has 0 saturated carbocycles. The molecule has 0 fully saturated rings. The molecule has 86 valence electrons. The third-order valence-corrected chi connectivity index (χ3v) is 2.84. The Morgan fingerprint density at radius 2 is 2.44 bits per heavy atom. The standard InChI is InChI=1S/C12H14BrNO2/c1-2-16-12-11(7-10(13)8-14-12)9-3-5-15-6-4-9/h3,7-8H,2,4-6H2,1H3. The maximum atomic E-state index is 5.53. The number of aromatic nitrogens is 1. The summed E-state index contributed by atoms with van der Waals surface area (Å²) in [7, 11) is 0. The highest BCUT2D eigenvalue weighted by molar-refractivity contribution is 9.10. The highest BCUT2D eigenvalue weighted by atomic mass is 79.9. The minimum atomic E-state index is 0.630. The molecule has 1 aliphatic heterocycles. The van der Waals surface area contributed by atoms with E-state index in [0.717, 1.165) is 23.1 Å². The maximum absolute atomic E-state index is 5.53. The van der Waals surface area contributed by atoms with Gasteiger partial charge in [0.1, 0.15) is 0 Å². The van der Waals surface area contributed by atoms with Gasteiger partial charge in [0.15, 0.2) is 0 Å². The lowest BCUT2D eigenvalue weighted by Crippen LogP contribution is -2.06. The zero-order valence-electron chi connectivity index (χ0n) is 9.20. The van der Waals surface area contributed by atoms with Crippen LogP contribution < -0.4 is 4.74 Å². The van der Waals surface area contributed by atoms with E-state index in [1.54, 1.807) is 6.20 Å². The molecular formula is C12H14BrNO2. The molecule has 0 N–H and O–H groups in total. The average molecular weight is 284 g/mol. The molecule has 0 radical (unpaired) electrons. The van der Waals surface area contributed by atoms with Gasteiger partial charge >= 0.3 is 0 Å². The number of hydrogen-bond donors (Lipinski definition) is 0. The van der Waals surface area contributed by atoms with Crippen molar-refractivity contribution in [3.8, 4) is 5.88 Å². The number of rotatable bonds is 3. The molecule has 0 saturated heterocycles. The molecule has 1 aromatic rings. The second-order valence-electron chi connectivity index (χ2n) is 3.49. The predicted octanol–water partition coefficient (Wildman–Crippen LogP) is 3.05. The first-order valence-electron chi connectivity index (χ1n) is 5.36. The van der Waals surface area contributed by atoms with Crippen molar-refractivity contribution in [1.82, 2.24) is 4.98 Å². The van der Waals surface area contributed by atoms with Gasteiger partial charge in [0.25, 0.3) is 0 Å². The summed E-state index contributed by atoms with van der Waals surface area (Å²) in [5.74, 6) is 0.707. The highest BCUT2D eigenvalue weighted by Gasteiger charge is 2.13. The minimum absolute atomic E-state index is 0.630. The SMILES string of the molecule is CCOc1ncc(Br)cc1C1=CCOCC1. The molecule has 0 bridgehead atoms. The van der Waals surface area contributed by atoms with Crippen LogP contribution in [0.5, 0.6) is 5.88 Å². The molecule has 3 nitrogen and oxygen atoms in total. The molecule has 16 heavy (non-hydrogen) atoms. The second-order valence-corrected chi connectivity index (χ2v) is 4.41. The zero-order valence-corrected chi connectivity index (χ0v) is 10.8. The van der Waals surface area contributed by atoms with Crippen LogP contribution in [0.15, 0.2) is 22.8 Å². The fourth-order valence-electron chi connectivity index (χ4n) is 1.68. The van der Waals surface area contributed by atoms with Crippen molar-refractivity contribution in [3.63, 3.8) is 0 Å². The van der Waals surface area contributed by atoms with Gasteiger partial charge in [-0.25, -0.2) is 4.98 Å². The second kappa shape index (κ2) is 5.46. The molecule has 0 unspecified atom stereocenters. The van der Waals surface area contributed by atoms with Crippen LogP contribution in [0.3, 0.4) is 0 Å². The van der Waals surface area contributed by atoms with E-state index in [0.29, 0.717) is 19.1 Å². The third kappa shape index (κ3) is 2.62. The molecule has 0 atom stereocenters. The van der Waals surface area contributed by atoms with Crippen LogP contribution in [0.2, 0.25) is 0 Å². The Labute approximate surface area is 104 Å². The maximum Gasteiger partial charge on any atom is 0.221 e. The first-order valence-corrected chi connectivity index (χ1v) is 6.16. The van der Waals surface area contributed by atoms with Crippen LogP contribution in [0.1, 0.15) is 18.9 Å². The number of hydrogen-bond acceptors (Lipinski definition) is 3. The van der Waals surface area contributed by atoms with E-state index in [2.05, 4.69) is 33.1 Å². The van der Waals surface area contributed by atoms with E-state index in [4.69, 9.17) is 9.47 Å². The van der Waals surface area contributed by atoms with E-state index in [9.17, 15) is 0 Å². The monoisotopic (exact) mass is 283 g/mol. The molecule has 2 heterocycles. The first-order chi connectivity index (χ1) is 7.81. The largest absolute Gasteiger partial charge is 0.478 e. The van der Waals surface area contributed by atoms with Crippen molar-refractivity contribution in [2.45, 2.75) is 13.3 Å². The molecule has 0 amide bonds. The topological polar surface area (TPSA) is 31.4 Å². The first kappa shape index (κ1) is 11.6. The Morgan fingerprint density at radius 1 is 1.56 bits per heavy atom. The van der Waals surface area contributed by atoms with E-state index in [1.807, 2.05) is 6.92 Å². The van der Waals surface area contributed by atoms with Crippen molar-refractivity contribution in [2.24, 2.45) is 0 Å². The number of pyridine rings is 1. The lowest BCUT2D eigenvalue weighted by Gasteiger charge is -2.16. The molecule has 1 aromatic heterocycles. The van der Waals surface area contributed by atoms with Gasteiger partial charge < -0.3 is 9.47 Å². The van der Waals surface area contributed by atoms with Crippen LogP contribution in [-0.2, 0) is 4.74 Å². The summed E-state index contributed by atoms with van der Waals surface area (Å²) in [6.07, 6.45) is 4.77. The summed E-state index contributed by atoms with van der Waals surface area (Å²) in [6, 6.07) is 2.05. The smallest absolute Gasteiger partial charge is 0.221 e. The predicted molar refractivity (Wildman–Crippen MR) is 66.5 cm³/mol.